The number of carbonyl (C=O) groups is 4. The van der Waals surface area contributed by atoms with Gasteiger partial charge in [0.15, 0.2) is 12.2 Å². The number of ether oxygens (including phenoxy) is 6. The first-order chi connectivity index (χ1) is 15.5. The molecular weight excluding hydrogens is 446 g/mol. The van der Waals surface area contributed by atoms with Gasteiger partial charge in [0, 0.05) is 27.7 Å². The molecule has 182 valence electrons. The fraction of sp³-hybridized carbons (Fsp3) is 0.500. The van der Waals surface area contributed by atoms with Gasteiger partial charge in [-0.05, 0) is 12.1 Å². The molecule has 0 saturated carbocycles. The van der Waals surface area contributed by atoms with E-state index in [4.69, 9.17) is 28.4 Å². The highest BCUT2D eigenvalue weighted by atomic mass is 16.8. The van der Waals surface area contributed by atoms with Gasteiger partial charge in [-0.1, -0.05) is 12.1 Å². The van der Waals surface area contributed by atoms with Crippen LogP contribution in [0.1, 0.15) is 27.7 Å². The molecule has 0 radical (unpaired) electrons. The third kappa shape index (κ3) is 7.30. The molecule has 33 heavy (non-hydrogen) atoms. The van der Waals surface area contributed by atoms with Crippen molar-refractivity contribution in [1.29, 1.82) is 0 Å². The van der Waals surface area contributed by atoms with Crippen LogP contribution in [0.15, 0.2) is 24.3 Å². The predicted octanol–water partition coefficient (Wildman–Crippen LogP) is 0.842. The molecule has 0 aromatic heterocycles. The minimum absolute atomic E-state index is 0.170. The van der Waals surface area contributed by atoms with Crippen molar-refractivity contribution in [2.75, 3.05) is 11.8 Å². The monoisotopic (exact) mass is 470 g/mol. The van der Waals surface area contributed by atoms with E-state index in [0.717, 1.165) is 27.7 Å². The van der Waals surface area contributed by atoms with E-state index >= 15 is 0 Å². The number of nitrogens with zero attached hydrogens (tertiary/aromatic N) is 1. The van der Waals surface area contributed by atoms with Gasteiger partial charge in [-0.15, -0.1) is 0 Å². The molecule has 1 aliphatic heterocycles. The van der Waals surface area contributed by atoms with Crippen LogP contribution < -0.4 is 9.96 Å². The van der Waals surface area contributed by atoms with Crippen molar-refractivity contribution in [3.05, 3.63) is 29.5 Å². The number of esters is 4. The SMILES string of the molecule is CC(=O)OC[C@H]1O[C@@H](Oc2ccccc2N([O-])O)[C@H](OC(C)=O)[C@@H](OC(C)=O)[C@@H]1OC(C)=O. The maximum Gasteiger partial charge on any atom is 0.303 e. The Balaban J connectivity index is 2.50. The molecule has 2 rings (SSSR count). The summed E-state index contributed by atoms with van der Waals surface area (Å²) in [6.07, 6.45) is -7.01. The van der Waals surface area contributed by atoms with Crippen LogP contribution in [0, 0.1) is 5.21 Å². The Morgan fingerprint density at radius 2 is 1.45 bits per heavy atom. The lowest BCUT2D eigenvalue weighted by Gasteiger charge is -2.44. The van der Waals surface area contributed by atoms with Gasteiger partial charge in [0.2, 0.25) is 12.4 Å². The van der Waals surface area contributed by atoms with E-state index in [-0.39, 0.29) is 11.4 Å². The molecule has 13 heteroatoms. The summed E-state index contributed by atoms with van der Waals surface area (Å²) < 4.78 is 32.2. The van der Waals surface area contributed by atoms with Gasteiger partial charge in [0.25, 0.3) is 0 Å². The third-order valence-corrected chi connectivity index (χ3v) is 4.26. The summed E-state index contributed by atoms with van der Waals surface area (Å²) >= 11 is 0. The lowest BCUT2D eigenvalue weighted by molar-refractivity contribution is -0.288. The van der Waals surface area contributed by atoms with Gasteiger partial charge >= 0.3 is 23.9 Å². The Kier molecular flexibility index (Phi) is 8.96. The van der Waals surface area contributed by atoms with Crippen molar-refractivity contribution in [2.45, 2.75) is 58.4 Å². The second-order valence-corrected chi connectivity index (χ2v) is 6.93. The first-order valence-electron chi connectivity index (χ1n) is 9.72. The smallest absolute Gasteiger partial charge is 0.303 e. The van der Waals surface area contributed by atoms with Crippen molar-refractivity contribution in [2.24, 2.45) is 0 Å². The summed E-state index contributed by atoms with van der Waals surface area (Å²) in [6, 6.07) is 5.52. The number of benzene rings is 1. The average Bonchev–Trinajstić information content (AvgIpc) is 2.70. The van der Waals surface area contributed by atoms with Crippen LogP contribution in [0.5, 0.6) is 5.75 Å². The van der Waals surface area contributed by atoms with Gasteiger partial charge in [-0.25, -0.2) is 0 Å². The molecular formula is C20H24NO12-. The first-order valence-corrected chi connectivity index (χ1v) is 9.72. The zero-order chi connectivity index (χ0) is 24.7. The number of carbonyl (C=O) groups excluding carboxylic acids is 4. The molecule has 1 fully saturated rings. The molecule has 13 nitrogen and oxygen atoms in total. The molecule has 1 heterocycles. The molecule has 1 N–H and O–H groups in total. The molecule has 0 spiro atoms. The molecule has 5 atom stereocenters. The fourth-order valence-corrected chi connectivity index (χ4v) is 3.12. The number of para-hydroxylation sites is 2. The van der Waals surface area contributed by atoms with Gasteiger partial charge < -0.3 is 38.9 Å². The molecule has 0 aliphatic carbocycles. The molecule has 1 aromatic rings. The maximum atomic E-state index is 11.8. The molecule has 1 saturated heterocycles. The zero-order valence-electron chi connectivity index (χ0n) is 18.3. The van der Waals surface area contributed by atoms with Crippen LogP contribution in [0.25, 0.3) is 0 Å². The Hall–Kier alpha value is -3.42. The van der Waals surface area contributed by atoms with E-state index in [1.54, 1.807) is 0 Å². The molecule has 0 amide bonds. The first kappa shape index (κ1) is 25.8. The molecule has 1 aliphatic rings. The molecule has 0 unspecified atom stereocenters. The average molecular weight is 470 g/mol. The highest BCUT2D eigenvalue weighted by Gasteiger charge is 2.53. The minimum atomic E-state index is -1.54. The van der Waals surface area contributed by atoms with Gasteiger partial charge in [-0.2, -0.15) is 0 Å². The number of hydrogen-bond acceptors (Lipinski definition) is 13. The normalized spacial score (nSPS) is 24.2. The second kappa shape index (κ2) is 11.4. The minimum Gasteiger partial charge on any atom is -0.733 e. The maximum absolute atomic E-state index is 11.8. The summed E-state index contributed by atoms with van der Waals surface area (Å²) in [5.74, 6) is -3.23. The van der Waals surface area contributed by atoms with Crippen LogP contribution in [0.4, 0.5) is 5.69 Å². The predicted molar refractivity (Wildman–Crippen MR) is 107 cm³/mol. The standard InChI is InChI=1S/C20H24NO12/c1-10(22)28-9-16-17(29-11(2)23)18(30-12(3)24)19(31-13(4)25)20(33-16)32-15-8-6-5-7-14(15)21(26)27/h5-8,16-20,26H,9H2,1-4H3/q-1/t16-,17-,18+,19-,20-/m1/s1. The topological polar surface area (TPSA) is 170 Å². The fourth-order valence-electron chi connectivity index (χ4n) is 3.12. The lowest BCUT2D eigenvalue weighted by Crippen LogP contribution is -2.63. The summed E-state index contributed by atoms with van der Waals surface area (Å²) in [6.45, 7) is 3.96. The van der Waals surface area contributed by atoms with Crippen molar-refractivity contribution in [3.63, 3.8) is 0 Å². The number of rotatable bonds is 8. The van der Waals surface area contributed by atoms with E-state index in [2.05, 4.69) is 0 Å². The lowest BCUT2D eigenvalue weighted by atomic mass is 9.98. The highest BCUT2D eigenvalue weighted by Crippen LogP contribution is 2.34. The number of anilines is 1. The van der Waals surface area contributed by atoms with E-state index in [1.807, 2.05) is 0 Å². The highest BCUT2D eigenvalue weighted by molar-refractivity contribution is 5.68. The Morgan fingerprint density at radius 1 is 0.909 bits per heavy atom. The quantitative estimate of drug-likeness (QED) is 0.322. The Morgan fingerprint density at radius 3 is 2.00 bits per heavy atom. The molecule has 0 bridgehead atoms. The van der Waals surface area contributed by atoms with Crippen LogP contribution in [0.3, 0.4) is 0 Å². The largest absolute Gasteiger partial charge is 0.733 e. The Bertz CT molecular complexity index is 872. The number of hydrogen-bond donors (Lipinski definition) is 1. The Labute approximate surface area is 188 Å². The van der Waals surface area contributed by atoms with Gasteiger partial charge in [-0.3, -0.25) is 24.4 Å². The van der Waals surface area contributed by atoms with Gasteiger partial charge in [0.05, 0.1) is 5.69 Å². The summed E-state index contributed by atoms with van der Waals surface area (Å²) in [4.78, 5) is 46.6. The van der Waals surface area contributed by atoms with Crippen LogP contribution in [0.2, 0.25) is 0 Å². The van der Waals surface area contributed by atoms with Crippen LogP contribution in [-0.2, 0) is 42.9 Å². The van der Waals surface area contributed by atoms with E-state index in [1.165, 1.54) is 24.3 Å². The van der Waals surface area contributed by atoms with Crippen molar-refractivity contribution in [1.82, 2.24) is 0 Å². The van der Waals surface area contributed by atoms with Crippen molar-refractivity contribution in [3.8, 4) is 5.75 Å². The van der Waals surface area contributed by atoms with Crippen LogP contribution >= 0.6 is 0 Å². The van der Waals surface area contributed by atoms with Crippen molar-refractivity contribution >= 4 is 29.6 Å². The second-order valence-electron chi connectivity index (χ2n) is 6.93. The summed E-state index contributed by atoms with van der Waals surface area (Å²) in [7, 11) is 0. The summed E-state index contributed by atoms with van der Waals surface area (Å²) in [5, 5.41) is 20.4. The van der Waals surface area contributed by atoms with E-state index in [9.17, 15) is 29.6 Å². The van der Waals surface area contributed by atoms with E-state index < -0.39 is 66.4 Å². The van der Waals surface area contributed by atoms with Crippen LogP contribution in [-0.4, -0.2) is 66.4 Å². The zero-order valence-corrected chi connectivity index (χ0v) is 18.3. The van der Waals surface area contributed by atoms with Gasteiger partial charge in [0.1, 0.15) is 18.5 Å². The van der Waals surface area contributed by atoms with Crippen molar-refractivity contribution < 1.29 is 52.8 Å². The summed E-state index contributed by atoms with van der Waals surface area (Å²) in [5.41, 5.74) is -0.301. The molecule has 1 aromatic carbocycles. The third-order valence-electron chi connectivity index (χ3n) is 4.26. The van der Waals surface area contributed by atoms with E-state index in [0.29, 0.717) is 0 Å².